The number of anilines is 1. The van der Waals surface area contributed by atoms with E-state index in [1.807, 2.05) is 24.1 Å². The van der Waals surface area contributed by atoms with Crippen LogP contribution < -0.4 is 5.73 Å². The Morgan fingerprint density at radius 3 is 2.39 bits per heavy atom. The molecule has 3 nitrogen and oxygen atoms in total. The van der Waals surface area contributed by atoms with Crippen LogP contribution in [0.3, 0.4) is 0 Å². The van der Waals surface area contributed by atoms with Crippen LogP contribution in [0, 0.1) is 6.92 Å². The second kappa shape index (κ2) is 8.59. The smallest absolute Gasteiger partial charge is 0.253 e. The van der Waals surface area contributed by atoms with Crippen LogP contribution in [0.5, 0.6) is 0 Å². The lowest BCUT2D eigenvalue weighted by molar-refractivity contribution is 0.0727. The van der Waals surface area contributed by atoms with Crippen LogP contribution in [0.25, 0.3) is 0 Å². The van der Waals surface area contributed by atoms with Crippen LogP contribution >= 0.6 is 12.4 Å². The van der Waals surface area contributed by atoms with E-state index in [1.54, 1.807) is 12.1 Å². The lowest BCUT2D eigenvalue weighted by Gasteiger charge is -2.27. The maximum absolute atomic E-state index is 12.6. The molecule has 0 fully saturated rings. The van der Waals surface area contributed by atoms with E-state index in [4.69, 9.17) is 5.73 Å². The number of hydrogen-bond acceptors (Lipinski definition) is 2. The Labute approximate surface area is 144 Å². The standard InChI is InChI=1S/C19H24N2O.ClH/c1-4-18(12-15-10-8-14(2)9-11-15)21(3)19(22)16-6-5-7-17(20)13-16;/h5-11,13,18H,4,12,20H2,1-3H3;1H. The number of aryl methyl sites for hydroxylation is 1. The van der Waals surface area contributed by atoms with Crippen LogP contribution in [0.2, 0.25) is 0 Å². The first-order valence-electron chi connectivity index (χ1n) is 7.69. The van der Waals surface area contributed by atoms with E-state index in [9.17, 15) is 4.79 Å². The molecule has 2 aromatic carbocycles. The number of nitrogen functional groups attached to an aromatic ring is 1. The van der Waals surface area contributed by atoms with Gasteiger partial charge in [0, 0.05) is 24.3 Å². The summed E-state index contributed by atoms with van der Waals surface area (Å²) in [5.74, 6) is 0.0197. The summed E-state index contributed by atoms with van der Waals surface area (Å²) in [5, 5.41) is 0. The van der Waals surface area contributed by atoms with Gasteiger partial charge < -0.3 is 10.6 Å². The maximum atomic E-state index is 12.6. The molecular weight excluding hydrogens is 308 g/mol. The van der Waals surface area contributed by atoms with Gasteiger partial charge in [0.15, 0.2) is 0 Å². The van der Waals surface area contributed by atoms with Crippen molar-refractivity contribution in [2.45, 2.75) is 32.7 Å². The monoisotopic (exact) mass is 332 g/mol. The minimum Gasteiger partial charge on any atom is -0.399 e. The number of carbonyl (C=O) groups is 1. The van der Waals surface area contributed by atoms with Crippen molar-refractivity contribution in [2.75, 3.05) is 12.8 Å². The third kappa shape index (κ3) is 5.00. The Kier molecular flexibility index (Phi) is 7.11. The molecule has 0 aliphatic heterocycles. The van der Waals surface area contributed by atoms with Crippen LogP contribution in [-0.4, -0.2) is 23.9 Å². The molecule has 0 aliphatic carbocycles. The topological polar surface area (TPSA) is 46.3 Å². The molecule has 2 N–H and O–H groups in total. The number of halogens is 1. The fraction of sp³-hybridized carbons (Fsp3) is 0.316. The SMILES string of the molecule is CCC(Cc1ccc(C)cc1)N(C)C(=O)c1cccc(N)c1.Cl. The van der Waals surface area contributed by atoms with Crippen LogP contribution in [0.4, 0.5) is 5.69 Å². The average Bonchev–Trinajstić information content (AvgIpc) is 2.53. The number of nitrogens with two attached hydrogens (primary N) is 1. The highest BCUT2D eigenvalue weighted by atomic mass is 35.5. The molecule has 2 aromatic rings. The summed E-state index contributed by atoms with van der Waals surface area (Å²) in [7, 11) is 1.87. The van der Waals surface area contributed by atoms with Gasteiger partial charge >= 0.3 is 0 Å². The molecule has 124 valence electrons. The van der Waals surface area contributed by atoms with Crippen molar-refractivity contribution < 1.29 is 4.79 Å². The minimum atomic E-state index is 0. The fourth-order valence-corrected chi connectivity index (χ4v) is 2.59. The molecule has 0 spiro atoms. The van der Waals surface area contributed by atoms with E-state index in [1.165, 1.54) is 11.1 Å². The number of benzene rings is 2. The van der Waals surface area contributed by atoms with Gasteiger partial charge in [-0.25, -0.2) is 0 Å². The molecule has 0 aromatic heterocycles. The summed E-state index contributed by atoms with van der Waals surface area (Å²) in [5.41, 5.74) is 9.54. The lowest BCUT2D eigenvalue weighted by Crippen LogP contribution is -2.38. The van der Waals surface area contributed by atoms with E-state index in [-0.39, 0.29) is 24.4 Å². The highest BCUT2D eigenvalue weighted by molar-refractivity contribution is 5.95. The Bertz CT molecular complexity index is 640. The van der Waals surface area contributed by atoms with Crippen LogP contribution in [0.15, 0.2) is 48.5 Å². The number of rotatable bonds is 5. The predicted molar refractivity (Wildman–Crippen MR) is 99.2 cm³/mol. The van der Waals surface area contributed by atoms with Crippen molar-refractivity contribution in [1.29, 1.82) is 0 Å². The van der Waals surface area contributed by atoms with E-state index < -0.39 is 0 Å². The maximum Gasteiger partial charge on any atom is 0.253 e. The Balaban J connectivity index is 0.00000264. The number of nitrogens with zero attached hydrogens (tertiary/aromatic N) is 1. The lowest BCUT2D eigenvalue weighted by atomic mass is 10.0. The number of amides is 1. The first kappa shape index (κ1) is 19.0. The second-order valence-corrected chi connectivity index (χ2v) is 5.79. The normalized spacial score (nSPS) is 11.4. The molecule has 2 rings (SSSR count). The van der Waals surface area contributed by atoms with Gasteiger partial charge in [0.25, 0.3) is 5.91 Å². The predicted octanol–water partition coefficient (Wildman–Crippen LogP) is 4.09. The zero-order valence-electron chi connectivity index (χ0n) is 14.0. The molecule has 4 heteroatoms. The summed E-state index contributed by atoms with van der Waals surface area (Å²) in [6.45, 7) is 4.19. The van der Waals surface area contributed by atoms with E-state index in [0.717, 1.165) is 12.8 Å². The van der Waals surface area contributed by atoms with Crippen LogP contribution in [-0.2, 0) is 6.42 Å². The van der Waals surface area contributed by atoms with Crippen molar-refractivity contribution in [3.8, 4) is 0 Å². The molecule has 1 unspecified atom stereocenters. The molecule has 23 heavy (non-hydrogen) atoms. The Morgan fingerprint density at radius 2 is 1.83 bits per heavy atom. The molecule has 0 saturated heterocycles. The molecule has 1 amide bonds. The van der Waals surface area contributed by atoms with Gasteiger partial charge in [-0.3, -0.25) is 4.79 Å². The quantitative estimate of drug-likeness (QED) is 0.838. The van der Waals surface area contributed by atoms with Gasteiger partial charge in [-0.05, 0) is 43.5 Å². The summed E-state index contributed by atoms with van der Waals surface area (Å²) in [4.78, 5) is 14.4. The number of hydrogen-bond donors (Lipinski definition) is 1. The first-order valence-corrected chi connectivity index (χ1v) is 7.69. The van der Waals surface area contributed by atoms with Crippen molar-refractivity contribution >= 4 is 24.0 Å². The molecular formula is C19H25ClN2O. The summed E-state index contributed by atoms with van der Waals surface area (Å²) in [6.07, 6.45) is 1.78. The summed E-state index contributed by atoms with van der Waals surface area (Å²) >= 11 is 0. The zero-order valence-corrected chi connectivity index (χ0v) is 14.8. The third-order valence-corrected chi connectivity index (χ3v) is 4.06. The highest BCUT2D eigenvalue weighted by Crippen LogP contribution is 2.16. The number of likely N-dealkylation sites (N-methyl/N-ethyl adjacent to an activating group) is 1. The van der Waals surface area contributed by atoms with Gasteiger partial charge in [-0.2, -0.15) is 0 Å². The molecule has 0 saturated carbocycles. The Morgan fingerprint density at radius 1 is 1.17 bits per heavy atom. The molecule has 0 radical (unpaired) electrons. The average molecular weight is 333 g/mol. The molecule has 0 aliphatic rings. The molecule has 0 bridgehead atoms. The van der Waals surface area contributed by atoms with Gasteiger partial charge in [0.2, 0.25) is 0 Å². The van der Waals surface area contributed by atoms with E-state index in [0.29, 0.717) is 11.3 Å². The summed E-state index contributed by atoms with van der Waals surface area (Å²) in [6, 6.07) is 15.8. The van der Waals surface area contributed by atoms with E-state index >= 15 is 0 Å². The van der Waals surface area contributed by atoms with Crippen molar-refractivity contribution in [3.05, 3.63) is 65.2 Å². The van der Waals surface area contributed by atoms with Gasteiger partial charge in [0.1, 0.15) is 0 Å². The largest absolute Gasteiger partial charge is 0.399 e. The Hall–Kier alpha value is -2.00. The van der Waals surface area contributed by atoms with Gasteiger partial charge in [-0.15, -0.1) is 12.4 Å². The van der Waals surface area contributed by atoms with Gasteiger partial charge in [-0.1, -0.05) is 42.8 Å². The van der Waals surface area contributed by atoms with Crippen molar-refractivity contribution in [2.24, 2.45) is 0 Å². The van der Waals surface area contributed by atoms with Crippen molar-refractivity contribution in [3.63, 3.8) is 0 Å². The zero-order chi connectivity index (χ0) is 16.1. The van der Waals surface area contributed by atoms with Crippen LogP contribution in [0.1, 0.15) is 34.8 Å². The van der Waals surface area contributed by atoms with E-state index in [2.05, 4.69) is 38.1 Å². The number of carbonyl (C=O) groups excluding carboxylic acids is 1. The molecule has 0 heterocycles. The highest BCUT2D eigenvalue weighted by Gasteiger charge is 2.20. The first-order chi connectivity index (χ1) is 10.5. The van der Waals surface area contributed by atoms with Crippen molar-refractivity contribution in [1.82, 2.24) is 4.90 Å². The fourth-order valence-electron chi connectivity index (χ4n) is 2.59. The third-order valence-electron chi connectivity index (χ3n) is 4.06. The minimum absolute atomic E-state index is 0. The summed E-state index contributed by atoms with van der Waals surface area (Å²) < 4.78 is 0. The second-order valence-electron chi connectivity index (χ2n) is 5.79. The van der Waals surface area contributed by atoms with Gasteiger partial charge in [0.05, 0.1) is 0 Å². The molecule has 1 atom stereocenters.